The van der Waals surface area contributed by atoms with Gasteiger partial charge in [0.1, 0.15) is 10.7 Å². The summed E-state index contributed by atoms with van der Waals surface area (Å²) >= 11 is 0.718. The van der Waals surface area contributed by atoms with Crippen LogP contribution >= 0.6 is 11.3 Å². The molecule has 0 aliphatic carbocycles. The largest absolute Gasteiger partial charge is 0.465 e. The summed E-state index contributed by atoms with van der Waals surface area (Å²) in [6.45, 7) is 0. The Bertz CT molecular complexity index is 651. The van der Waals surface area contributed by atoms with Gasteiger partial charge < -0.3 is 4.74 Å². The number of thiophene rings is 1. The number of ether oxygens (including phenoxy) is 1. The molecular formula is C12H6F4O2S. The molecule has 0 bridgehead atoms. The number of hydrogen-bond acceptors (Lipinski definition) is 3. The minimum Gasteiger partial charge on any atom is -0.465 e. The Morgan fingerprint density at radius 1 is 1.11 bits per heavy atom. The predicted octanol–water partition coefficient (Wildman–Crippen LogP) is 3.76. The molecule has 100 valence electrons. The monoisotopic (exact) mass is 290 g/mol. The van der Waals surface area contributed by atoms with Crippen LogP contribution in [0.3, 0.4) is 0 Å². The molecular weight excluding hydrogens is 284 g/mol. The highest BCUT2D eigenvalue weighted by Crippen LogP contribution is 2.34. The zero-order valence-electron chi connectivity index (χ0n) is 9.47. The van der Waals surface area contributed by atoms with Gasteiger partial charge in [-0.05, 0) is 12.1 Å². The van der Waals surface area contributed by atoms with Gasteiger partial charge >= 0.3 is 5.97 Å². The quantitative estimate of drug-likeness (QED) is 0.364. The Labute approximate surface area is 109 Å². The number of halogens is 4. The van der Waals surface area contributed by atoms with Crippen LogP contribution in [0.2, 0.25) is 0 Å². The smallest absolute Gasteiger partial charge is 0.348 e. The van der Waals surface area contributed by atoms with Gasteiger partial charge in [-0.1, -0.05) is 0 Å². The first kappa shape index (κ1) is 13.5. The third-order valence-electron chi connectivity index (χ3n) is 2.35. The summed E-state index contributed by atoms with van der Waals surface area (Å²) in [5.74, 6) is -6.92. The number of carbonyl (C=O) groups excluding carboxylic acids is 1. The molecule has 0 fully saturated rings. The van der Waals surface area contributed by atoms with Crippen LogP contribution in [0.15, 0.2) is 18.2 Å². The third-order valence-corrected chi connectivity index (χ3v) is 3.44. The van der Waals surface area contributed by atoms with E-state index in [1.165, 1.54) is 12.1 Å². The number of esters is 1. The number of hydrogen-bond donors (Lipinski definition) is 0. The fraction of sp³-hybridized carbons (Fsp3) is 0.0833. The SMILES string of the molecule is COC(=O)c1ccc(-c2c(F)cc(F)c(F)c2F)s1. The predicted molar refractivity (Wildman–Crippen MR) is 60.9 cm³/mol. The second-order valence-corrected chi connectivity index (χ2v) is 4.58. The van der Waals surface area contributed by atoms with Crippen molar-refractivity contribution in [3.05, 3.63) is 46.3 Å². The van der Waals surface area contributed by atoms with E-state index in [-0.39, 0.29) is 15.8 Å². The highest BCUT2D eigenvalue weighted by molar-refractivity contribution is 7.17. The van der Waals surface area contributed by atoms with Crippen LogP contribution in [-0.2, 0) is 4.74 Å². The summed E-state index contributed by atoms with van der Waals surface area (Å²) < 4.78 is 57.4. The van der Waals surface area contributed by atoms with E-state index < -0.39 is 34.8 Å². The fourth-order valence-electron chi connectivity index (χ4n) is 1.47. The molecule has 0 N–H and O–H groups in total. The lowest BCUT2D eigenvalue weighted by Gasteiger charge is -2.04. The Hall–Kier alpha value is -1.89. The summed E-state index contributed by atoms with van der Waals surface area (Å²) in [5.41, 5.74) is -0.709. The summed E-state index contributed by atoms with van der Waals surface area (Å²) in [6, 6.07) is 2.77. The van der Waals surface area contributed by atoms with Gasteiger partial charge in [-0.15, -0.1) is 11.3 Å². The minimum atomic E-state index is -1.76. The molecule has 0 aliphatic heterocycles. The first-order valence-electron chi connectivity index (χ1n) is 4.97. The molecule has 2 aromatic rings. The van der Waals surface area contributed by atoms with E-state index >= 15 is 0 Å². The second kappa shape index (κ2) is 5.00. The lowest BCUT2D eigenvalue weighted by Crippen LogP contribution is -1.98. The molecule has 2 nitrogen and oxygen atoms in total. The Morgan fingerprint density at radius 3 is 2.42 bits per heavy atom. The van der Waals surface area contributed by atoms with Crippen molar-refractivity contribution in [3.8, 4) is 10.4 Å². The van der Waals surface area contributed by atoms with E-state index in [2.05, 4.69) is 4.74 Å². The van der Waals surface area contributed by atoms with Crippen molar-refractivity contribution in [2.75, 3.05) is 7.11 Å². The van der Waals surface area contributed by atoms with Gasteiger partial charge in [-0.2, -0.15) is 0 Å². The van der Waals surface area contributed by atoms with Gasteiger partial charge in [-0.3, -0.25) is 0 Å². The summed E-state index contributed by atoms with van der Waals surface area (Å²) in [7, 11) is 1.15. The molecule has 0 spiro atoms. The summed E-state index contributed by atoms with van der Waals surface area (Å²) in [4.78, 5) is 11.3. The van der Waals surface area contributed by atoms with Crippen molar-refractivity contribution in [1.29, 1.82) is 0 Å². The lowest BCUT2D eigenvalue weighted by atomic mass is 10.1. The van der Waals surface area contributed by atoms with Crippen LogP contribution in [0, 0.1) is 23.3 Å². The molecule has 1 aromatic heterocycles. The van der Waals surface area contributed by atoms with Crippen LogP contribution < -0.4 is 0 Å². The van der Waals surface area contributed by atoms with Crippen molar-refractivity contribution in [1.82, 2.24) is 0 Å². The Balaban J connectivity index is 2.57. The third kappa shape index (κ3) is 2.33. The van der Waals surface area contributed by atoms with E-state index in [0.717, 1.165) is 18.4 Å². The van der Waals surface area contributed by atoms with Gasteiger partial charge in [0.05, 0.1) is 12.7 Å². The molecule has 0 amide bonds. The molecule has 19 heavy (non-hydrogen) atoms. The van der Waals surface area contributed by atoms with Crippen molar-refractivity contribution >= 4 is 17.3 Å². The Kier molecular flexibility index (Phi) is 3.57. The van der Waals surface area contributed by atoms with Crippen LogP contribution in [0.5, 0.6) is 0 Å². The zero-order chi connectivity index (χ0) is 14.2. The molecule has 2 rings (SSSR count). The van der Waals surface area contributed by atoms with Crippen molar-refractivity contribution in [3.63, 3.8) is 0 Å². The van der Waals surface area contributed by atoms with Gasteiger partial charge in [0.25, 0.3) is 0 Å². The molecule has 1 aromatic carbocycles. The molecule has 0 aliphatic rings. The first-order chi connectivity index (χ1) is 8.95. The van der Waals surface area contributed by atoms with Crippen molar-refractivity contribution in [2.45, 2.75) is 0 Å². The van der Waals surface area contributed by atoms with Crippen LogP contribution in [0.25, 0.3) is 10.4 Å². The zero-order valence-corrected chi connectivity index (χ0v) is 10.3. The lowest BCUT2D eigenvalue weighted by molar-refractivity contribution is 0.0606. The van der Waals surface area contributed by atoms with E-state index in [1.807, 2.05) is 0 Å². The topological polar surface area (TPSA) is 26.3 Å². The average molecular weight is 290 g/mol. The molecule has 0 atom stereocenters. The number of rotatable bonds is 2. The Morgan fingerprint density at radius 2 is 1.79 bits per heavy atom. The molecule has 0 radical (unpaired) electrons. The standard InChI is InChI=1S/C12H6F4O2S/c1-18-12(17)8-3-2-7(19-8)9-5(13)4-6(14)10(15)11(9)16/h2-4H,1H3. The molecule has 1 heterocycles. The number of carbonyl (C=O) groups is 1. The van der Waals surface area contributed by atoms with E-state index in [4.69, 9.17) is 0 Å². The maximum Gasteiger partial charge on any atom is 0.348 e. The van der Waals surface area contributed by atoms with Crippen LogP contribution in [0.1, 0.15) is 9.67 Å². The van der Waals surface area contributed by atoms with E-state index in [1.54, 1.807) is 0 Å². The average Bonchev–Trinajstić information content (AvgIpc) is 2.84. The van der Waals surface area contributed by atoms with Crippen molar-refractivity contribution in [2.24, 2.45) is 0 Å². The highest BCUT2D eigenvalue weighted by atomic mass is 32.1. The normalized spacial score (nSPS) is 10.6. The molecule has 0 unspecified atom stereocenters. The van der Waals surface area contributed by atoms with Gasteiger partial charge in [0, 0.05) is 10.9 Å². The second-order valence-electron chi connectivity index (χ2n) is 3.50. The van der Waals surface area contributed by atoms with E-state index in [9.17, 15) is 22.4 Å². The highest BCUT2D eigenvalue weighted by Gasteiger charge is 2.22. The molecule has 7 heteroatoms. The van der Waals surface area contributed by atoms with Gasteiger partial charge in [-0.25, -0.2) is 22.4 Å². The van der Waals surface area contributed by atoms with Crippen molar-refractivity contribution < 1.29 is 27.1 Å². The van der Waals surface area contributed by atoms with Crippen LogP contribution in [-0.4, -0.2) is 13.1 Å². The van der Waals surface area contributed by atoms with Gasteiger partial charge in [0.15, 0.2) is 17.5 Å². The number of benzene rings is 1. The molecule has 0 saturated carbocycles. The summed E-state index contributed by atoms with van der Waals surface area (Å²) in [6.07, 6.45) is 0. The van der Waals surface area contributed by atoms with E-state index in [0.29, 0.717) is 0 Å². The summed E-state index contributed by atoms with van der Waals surface area (Å²) in [5, 5.41) is 0. The maximum atomic E-state index is 13.5. The fourth-order valence-corrected chi connectivity index (χ4v) is 2.44. The number of methoxy groups -OCH3 is 1. The first-order valence-corrected chi connectivity index (χ1v) is 5.79. The minimum absolute atomic E-state index is 0.0331. The van der Waals surface area contributed by atoms with Crippen LogP contribution in [0.4, 0.5) is 17.6 Å². The maximum absolute atomic E-state index is 13.5. The van der Waals surface area contributed by atoms with Gasteiger partial charge in [0.2, 0.25) is 0 Å². The molecule has 0 saturated heterocycles.